The fraction of sp³-hybridized carbons (Fsp3) is 0.385. The molecule has 1 aromatic rings. The smallest absolute Gasteiger partial charge is 0.413 e. The topological polar surface area (TPSA) is 92.2 Å². The average molecular weight is 264 g/mol. The summed E-state index contributed by atoms with van der Waals surface area (Å²) in [6, 6.07) is 6.46. The van der Waals surface area contributed by atoms with E-state index < -0.39 is 5.97 Å². The van der Waals surface area contributed by atoms with Crippen LogP contribution in [0.2, 0.25) is 0 Å². The first kappa shape index (κ1) is 14.7. The van der Waals surface area contributed by atoms with Gasteiger partial charge in [-0.3, -0.25) is 0 Å². The molecular formula is C13H16N2O4. The number of benzene rings is 1. The van der Waals surface area contributed by atoms with Crippen LogP contribution in [0.3, 0.4) is 0 Å². The fourth-order valence-corrected chi connectivity index (χ4v) is 1.63. The molecule has 102 valence electrons. The van der Waals surface area contributed by atoms with Crippen molar-refractivity contribution in [1.29, 1.82) is 0 Å². The lowest BCUT2D eigenvalue weighted by molar-refractivity contribution is -0.144. The Morgan fingerprint density at radius 2 is 2.21 bits per heavy atom. The molecule has 19 heavy (non-hydrogen) atoms. The van der Waals surface area contributed by atoms with Gasteiger partial charge in [-0.1, -0.05) is 6.07 Å². The summed E-state index contributed by atoms with van der Waals surface area (Å²) in [6.07, 6.45) is 0.589. The predicted molar refractivity (Wildman–Crippen MR) is 68.1 cm³/mol. The SMILES string of the molecule is C[C@@H](C[C@H](C)Oc1cccc(O)c1)OC(=O)C=[N+]=[N-]. The maximum Gasteiger partial charge on any atom is 0.413 e. The van der Waals surface area contributed by atoms with Crippen LogP contribution in [0.25, 0.3) is 5.53 Å². The molecule has 0 aliphatic rings. The monoisotopic (exact) mass is 264 g/mol. The predicted octanol–water partition coefficient (Wildman–Crippen LogP) is 1.78. The Labute approximate surface area is 111 Å². The zero-order valence-electron chi connectivity index (χ0n) is 10.8. The van der Waals surface area contributed by atoms with Crippen LogP contribution >= 0.6 is 0 Å². The van der Waals surface area contributed by atoms with Gasteiger partial charge < -0.3 is 20.1 Å². The summed E-state index contributed by atoms with van der Waals surface area (Å²) in [5, 5.41) is 9.30. The van der Waals surface area contributed by atoms with Crippen LogP contribution in [0.1, 0.15) is 20.3 Å². The quantitative estimate of drug-likeness (QED) is 0.367. The number of ether oxygens (including phenoxy) is 2. The Balaban J connectivity index is 2.44. The molecule has 0 bridgehead atoms. The second kappa shape index (κ2) is 7.18. The van der Waals surface area contributed by atoms with Gasteiger partial charge >= 0.3 is 12.2 Å². The number of phenolic OH excluding ortho intramolecular Hbond substituents is 1. The number of carbonyl (C=O) groups is 1. The molecule has 0 aliphatic heterocycles. The molecule has 0 heterocycles. The zero-order chi connectivity index (χ0) is 14.3. The summed E-state index contributed by atoms with van der Waals surface area (Å²) in [5.74, 6) is -0.0363. The molecule has 0 aromatic heterocycles. The van der Waals surface area contributed by atoms with Crippen LogP contribution in [0, 0.1) is 0 Å². The van der Waals surface area contributed by atoms with Crippen LogP contribution in [0.15, 0.2) is 24.3 Å². The molecule has 0 spiro atoms. The van der Waals surface area contributed by atoms with Gasteiger partial charge in [-0.05, 0) is 26.0 Å². The molecule has 2 atom stereocenters. The van der Waals surface area contributed by atoms with E-state index in [1.165, 1.54) is 6.07 Å². The van der Waals surface area contributed by atoms with E-state index in [1.54, 1.807) is 25.1 Å². The average Bonchev–Trinajstić information content (AvgIpc) is 2.28. The minimum Gasteiger partial charge on any atom is -0.508 e. The molecule has 0 aliphatic carbocycles. The van der Waals surface area contributed by atoms with Gasteiger partial charge in [0.25, 0.3) is 0 Å². The summed E-state index contributed by atoms with van der Waals surface area (Å²) in [6.45, 7) is 3.54. The van der Waals surface area contributed by atoms with E-state index in [0.717, 1.165) is 0 Å². The van der Waals surface area contributed by atoms with Crippen LogP contribution in [0.5, 0.6) is 11.5 Å². The molecule has 0 amide bonds. The molecule has 6 heteroatoms. The van der Waals surface area contributed by atoms with E-state index in [2.05, 4.69) is 4.79 Å². The lowest BCUT2D eigenvalue weighted by Crippen LogP contribution is -2.23. The first-order valence-electron chi connectivity index (χ1n) is 5.85. The molecular weight excluding hydrogens is 248 g/mol. The molecule has 0 saturated heterocycles. The maximum absolute atomic E-state index is 11.0. The van der Waals surface area contributed by atoms with Crippen molar-refractivity contribution in [3.8, 4) is 11.5 Å². The summed E-state index contributed by atoms with van der Waals surface area (Å²) in [5.41, 5.74) is 8.17. The molecule has 1 N–H and O–H groups in total. The van der Waals surface area contributed by atoms with Crippen molar-refractivity contribution in [1.82, 2.24) is 0 Å². The van der Waals surface area contributed by atoms with Gasteiger partial charge in [-0.15, -0.1) is 0 Å². The molecule has 0 fully saturated rings. The first-order valence-corrected chi connectivity index (χ1v) is 5.85. The second-order valence-corrected chi connectivity index (χ2v) is 4.15. The largest absolute Gasteiger partial charge is 0.508 e. The van der Waals surface area contributed by atoms with E-state index in [0.29, 0.717) is 18.4 Å². The van der Waals surface area contributed by atoms with Crippen LogP contribution in [-0.2, 0) is 9.53 Å². The van der Waals surface area contributed by atoms with E-state index >= 15 is 0 Å². The first-order chi connectivity index (χ1) is 9.01. The number of esters is 1. The van der Waals surface area contributed by atoms with Gasteiger partial charge in [0.1, 0.15) is 17.6 Å². The number of phenols is 1. The van der Waals surface area contributed by atoms with Gasteiger partial charge in [0, 0.05) is 12.5 Å². The molecule has 6 nitrogen and oxygen atoms in total. The summed E-state index contributed by atoms with van der Waals surface area (Å²) >= 11 is 0. The maximum atomic E-state index is 11.0. The van der Waals surface area contributed by atoms with Crippen molar-refractivity contribution in [2.45, 2.75) is 32.5 Å². The van der Waals surface area contributed by atoms with Gasteiger partial charge in [-0.2, -0.15) is 4.79 Å². The minimum atomic E-state index is -0.709. The molecule has 0 saturated carbocycles. The van der Waals surface area contributed by atoms with E-state index in [1.807, 2.05) is 6.92 Å². The molecule has 1 aromatic carbocycles. The summed E-state index contributed by atoms with van der Waals surface area (Å²) in [4.78, 5) is 13.6. The minimum absolute atomic E-state index is 0.128. The van der Waals surface area contributed by atoms with Crippen molar-refractivity contribution in [2.75, 3.05) is 0 Å². The molecule has 0 radical (unpaired) electrons. The van der Waals surface area contributed by atoms with E-state index in [4.69, 9.17) is 15.0 Å². The molecule has 1 rings (SSSR count). The number of carbonyl (C=O) groups excluding carboxylic acids is 1. The van der Waals surface area contributed by atoms with Gasteiger partial charge in [0.15, 0.2) is 0 Å². The third-order valence-corrected chi connectivity index (χ3v) is 2.30. The van der Waals surface area contributed by atoms with Gasteiger partial charge in [0.05, 0.1) is 6.10 Å². The Kier molecular flexibility index (Phi) is 5.57. The second-order valence-electron chi connectivity index (χ2n) is 4.15. The Bertz CT molecular complexity index is 483. The number of nitrogens with zero attached hydrogens (tertiary/aromatic N) is 2. The Morgan fingerprint density at radius 1 is 1.47 bits per heavy atom. The third-order valence-electron chi connectivity index (χ3n) is 2.30. The summed E-state index contributed by atoms with van der Waals surface area (Å²) in [7, 11) is 0. The van der Waals surface area contributed by atoms with E-state index in [-0.39, 0.29) is 18.0 Å². The highest BCUT2D eigenvalue weighted by Crippen LogP contribution is 2.20. The zero-order valence-corrected chi connectivity index (χ0v) is 10.8. The summed E-state index contributed by atoms with van der Waals surface area (Å²) < 4.78 is 10.5. The highest BCUT2D eigenvalue weighted by Gasteiger charge is 2.15. The van der Waals surface area contributed by atoms with Crippen molar-refractivity contribution >= 4 is 12.2 Å². The van der Waals surface area contributed by atoms with Gasteiger partial charge in [-0.25, -0.2) is 4.79 Å². The van der Waals surface area contributed by atoms with Crippen LogP contribution in [-0.4, -0.2) is 34.3 Å². The van der Waals surface area contributed by atoms with Crippen LogP contribution < -0.4 is 4.74 Å². The van der Waals surface area contributed by atoms with Gasteiger partial charge in [0.2, 0.25) is 0 Å². The number of aromatic hydroxyl groups is 1. The fourth-order valence-electron chi connectivity index (χ4n) is 1.63. The Hall–Kier alpha value is -2.33. The number of hydrogen-bond donors (Lipinski definition) is 1. The lowest BCUT2D eigenvalue weighted by atomic mass is 10.2. The standard InChI is InChI=1S/C13H16N2O4/c1-9(6-10(2)19-13(17)8-15-14)18-12-5-3-4-11(16)7-12/h3-5,7-10,16H,6H2,1-2H3/t9-,10-/m0/s1. The van der Waals surface area contributed by atoms with Crippen molar-refractivity contribution in [3.63, 3.8) is 0 Å². The normalized spacial score (nSPS) is 12.9. The van der Waals surface area contributed by atoms with Crippen molar-refractivity contribution in [2.24, 2.45) is 0 Å². The number of rotatable bonds is 6. The van der Waals surface area contributed by atoms with Crippen molar-refractivity contribution in [3.05, 3.63) is 29.8 Å². The van der Waals surface area contributed by atoms with Crippen molar-refractivity contribution < 1.29 is 24.2 Å². The highest BCUT2D eigenvalue weighted by atomic mass is 16.5. The third kappa shape index (κ3) is 5.70. The lowest BCUT2D eigenvalue weighted by Gasteiger charge is -2.18. The van der Waals surface area contributed by atoms with Crippen LogP contribution in [0.4, 0.5) is 0 Å². The van der Waals surface area contributed by atoms with E-state index in [9.17, 15) is 9.90 Å². The number of hydrogen-bond acceptors (Lipinski definition) is 4. The Morgan fingerprint density at radius 3 is 2.84 bits per heavy atom. The highest BCUT2D eigenvalue weighted by molar-refractivity contribution is 6.20. The molecule has 0 unspecified atom stereocenters.